The van der Waals surface area contributed by atoms with E-state index >= 15 is 0 Å². The van der Waals surface area contributed by atoms with Crippen molar-refractivity contribution in [2.24, 2.45) is 0 Å². The second-order valence-electron chi connectivity index (χ2n) is 5.48. The molecule has 7 heteroatoms. The van der Waals surface area contributed by atoms with E-state index in [4.69, 9.17) is 4.74 Å². The number of hydrogen-bond donors (Lipinski definition) is 1. The number of carbonyl (C=O) groups excluding carboxylic acids is 1. The Hall–Kier alpha value is -1.76. The summed E-state index contributed by atoms with van der Waals surface area (Å²) in [6.45, 7) is 0.281. The topological polar surface area (TPSA) is 75.7 Å². The molecule has 22 heavy (non-hydrogen) atoms. The van der Waals surface area contributed by atoms with Crippen molar-refractivity contribution in [1.82, 2.24) is 5.32 Å². The summed E-state index contributed by atoms with van der Waals surface area (Å²) in [5, 5.41) is 2.90. The summed E-state index contributed by atoms with van der Waals surface area (Å²) in [6, 6.07) is 7.16. The fraction of sp³-hybridized carbons (Fsp3) is 0.533. The molecule has 0 atom stereocenters. The van der Waals surface area contributed by atoms with E-state index in [0.29, 0.717) is 30.3 Å². The molecule has 1 N–H and O–H groups in total. The number of amides is 1. The number of anilines is 1. The van der Waals surface area contributed by atoms with E-state index in [2.05, 4.69) is 5.32 Å². The Balaban J connectivity index is 1.95. The normalized spacial score (nSPS) is 14.5. The average Bonchev–Trinajstić information content (AvgIpc) is 3.26. The van der Waals surface area contributed by atoms with E-state index < -0.39 is 10.0 Å². The molecule has 0 radical (unpaired) electrons. The van der Waals surface area contributed by atoms with Crippen LogP contribution in [0, 0.1) is 0 Å². The van der Waals surface area contributed by atoms with Gasteiger partial charge in [0.15, 0.2) is 0 Å². The minimum Gasteiger partial charge on any atom is -0.497 e. The summed E-state index contributed by atoms with van der Waals surface area (Å²) in [6.07, 6.45) is 4.08. The van der Waals surface area contributed by atoms with E-state index in [-0.39, 0.29) is 12.5 Å². The lowest BCUT2D eigenvalue weighted by molar-refractivity contribution is -0.121. The van der Waals surface area contributed by atoms with E-state index in [9.17, 15) is 13.2 Å². The summed E-state index contributed by atoms with van der Waals surface area (Å²) in [5.41, 5.74) is 0.575. The first-order valence-electron chi connectivity index (χ1n) is 7.31. The largest absolute Gasteiger partial charge is 0.497 e. The Morgan fingerprint density at radius 3 is 2.45 bits per heavy atom. The van der Waals surface area contributed by atoms with Gasteiger partial charge in [0.05, 0.1) is 19.1 Å². The standard InChI is InChI=1S/C15H22N2O4S/c1-21-14-9-7-13(8-10-14)17(22(2,19)20)11-3-4-15(18)16-12-5-6-12/h7-10,12H,3-6,11H2,1-2H3,(H,16,18). The summed E-state index contributed by atoms with van der Waals surface area (Å²) >= 11 is 0. The molecule has 0 spiro atoms. The van der Waals surface area contributed by atoms with Gasteiger partial charge in [-0.25, -0.2) is 8.42 Å². The lowest BCUT2D eigenvalue weighted by atomic mass is 10.2. The highest BCUT2D eigenvalue weighted by atomic mass is 32.2. The molecule has 1 saturated carbocycles. The fourth-order valence-electron chi connectivity index (χ4n) is 2.15. The zero-order chi connectivity index (χ0) is 16.2. The van der Waals surface area contributed by atoms with Crippen molar-refractivity contribution >= 4 is 21.6 Å². The smallest absolute Gasteiger partial charge is 0.232 e. The predicted octanol–water partition coefficient (Wildman–Crippen LogP) is 1.52. The molecular weight excluding hydrogens is 304 g/mol. The molecule has 1 aromatic carbocycles. The molecule has 0 saturated heterocycles. The molecule has 2 rings (SSSR count). The molecule has 6 nitrogen and oxygen atoms in total. The number of hydrogen-bond acceptors (Lipinski definition) is 4. The molecule has 1 aromatic rings. The second kappa shape index (κ2) is 7.00. The minimum atomic E-state index is -3.39. The van der Waals surface area contributed by atoms with Gasteiger partial charge in [-0.2, -0.15) is 0 Å². The van der Waals surface area contributed by atoms with E-state index in [1.807, 2.05) is 0 Å². The summed E-state index contributed by atoms with van der Waals surface area (Å²) in [4.78, 5) is 11.6. The van der Waals surface area contributed by atoms with Gasteiger partial charge in [-0.1, -0.05) is 0 Å². The number of carbonyl (C=O) groups is 1. The SMILES string of the molecule is COc1ccc(N(CCCC(=O)NC2CC2)S(C)(=O)=O)cc1. The molecule has 0 aromatic heterocycles. The molecule has 1 fully saturated rings. The van der Waals surface area contributed by atoms with Crippen molar-refractivity contribution in [1.29, 1.82) is 0 Å². The Morgan fingerprint density at radius 2 is 1.95 bits per heavy atom. The van der Waals surface area contributed by atoms with Crippen LogP contribution in [0.2, 0.25) is 0 Å². The summed E-state index contributed by atoms with van der Waals surface area (Å²) in [5.74, 6) is 0.659. The highest BCUT2D eigenvalue weighted by molar-refractivity contribution is 7.92. The van der Waals surface area contributed by atoms with E-state index in [0.717, 1.165) is 12.8 Å². The zero-order valence-corrected chi connectivity index (χ0v) is 13.7. The Kier molecular flexibility index (Phi) is 5.28. The van der Waals surface area contributed by atoms with Crippen LogP contribution >= 0.6 is 0 Å². The predicted molar refractivity (Wildman–Crippen MR) is 85.6 cm³/mol. The summed E-state index contributed by atoms with van der Waals surface area (Å²) in [7, 11) is -1.83. The fourth-order valence-corrected chi connectivity index (χ4v) is 3.11. The van der Waals surface area contributed by atoms with Gasteiger partial charge < -0.3 is 10.1 Å². The monoisotopic (exact) mass is 326 g/mol. The third-order valence-electron chi connectivity index (χ3n) is 3.47. The van der Waals surface area contributed by atoms with Crippen molar-refractivity contribution < 1.29 is 17.9 Å². The van der Waals surface area contributed by atoms with Crippen LogP contribution in [0.25, 0.3) is 0 Å². The van der Waals surface area contributed by atoms with Gasteiger partial charge in [-0.05, 0) is 43.5 Å². The van der Waals surface area contributed by atoms with Crippen molar-refractivity contribution in [2.75, 3.05) is 24.2 Å². The maximum absolute atomic E-state index is 11.9. The van der Waals surface area contributed by atoms with Crippen LogP contribution in [0.3, 0.4) is 0 Å². The van der Waals surface area contributed by atoms with Crippen LogP contribution in [0.15, 0.2) is 24.3 Å². The number of nitrogens with one attached hydrogen (secondary N) is 1. The van der Waals surface area contributed by atoms with Crippen molar-refractivity contribution in [2.45, 2.75) is 31.7 Å². The minimum absolute atomic E-state index is 0.00863. The second-order valence-corrected chi connectivity index (χ2v) is 7.39. The molecule has 1 amide bonds. The highest BCUT2D eigenvalue weighted by Gasteiger charge is 2.23. The maximum Gasteiger partial charge on any atom is 0.232 e. The van der Waals surface area contributed by atoms with Crippen LogP contribution in [-0.2, 0) is 14.8 Å². The van der Waals surface area contributed by atoms with Gasteiger partial charge in [0, 0.05) is 19.0 Å². The Bertz CT molecular complexity index is 609. The molecule has 0 aliphatic heterocycles. The van der Waals surface area contributed by atoms with Crippen LogP contribution in [0.1, 0.15) is 25.7 Å². The quantitative estimate of drug-likeness (QED) is 0.786. The van der Waals surface area contributed by atoms with Crippen molar-refractivity contribution in [3.05, 3.63) is 24.3 Å². The first-order chi connectivity index (χ1) is 10.4. The molecule has 1 aliphatic rings. The lowest BCUT2D eigenvalue weighted by Crippen LogP contribution is -2.32. The molecule has 1 aliphatic carbocycles. The van der Waals surface area contributed by atoms with Crippen LogP contribution in [0.4, 0.5) is 5.69 Å². The van der Waals surface area contributed by atoms with Crippen LogP contribution < -0.4 is 14.4 Å². The Morgan fingerprint density at radius 1 is 1.32 bits per heavy atom. The first-order valence-corrected chi connectivity index (χ1v) is 9.16. The third-order valence-corrected chi connectivity index (χ3v) is 4.66. The van der Waals surface area contributed by atoms with Crippen LogP contribution in [-0.4, -0.2) is 40.3 Å². The van der Waals surface area contributed by atoms with Crippen LogP contribution in [0.5, 0.6) is 5.75 Å². The first kappa shape index (κ1) is 16.6. The van der Waals surface area contributed by atoms with Crippen molar-refractivity contribution in [3.8, 4) is 5.75 Å². The van der Waals surface area contributed by atoms with Gasteiger partial charge >= 0.3 is 0 Å². The molecule has 0 unspecified atom stereocenters. The molecule has 0 heterocycles. The molecule has 122 valence electrons. The molecular formula is C15H22N2O4S. The van der Waals surface area contributed by atoms with E-state index in [1.54, 1.807) is 31.4 Å². The average molecular weight is 326 g/mol. The lowest BCUT2D eigenvalue weighted by Gasteiger charge is -2.22. The number of nitrogens with zero attached hydrogens (tertiary/aromatic N) is 1. The molecule has 0 bridgehead atoms. The van der Waals surface area contributed by atoms with Gasteiger partial charge in [-0.15, -0.1) is 0 Å². The van der Waals surface area contributed by atoms with E-state index in [1.165, 1.54) is 10.6 Å². The number of methoxy groups -OCH3 is 1. The maximum atomic E-state index is 11.9. The third kappa shape index (κ3) is 4.91. The number of benzene rings is 1. The van der Waals surface area contributed by atoms with Gasteiger partial charge in [0.2, 0.25) is 15.9 Å². The zero-order valence-electron chi connectivity index (χ0n) is 12.9. The van der Waals surface area contributed by atoms with Gasteiger partial charge in [0.1, 0.15) is 5.75 Å². The van der Waals surface area contributed by atoms with Crippen molar-refractivity contribution in [3.63, 3.8) is 0 Å². The number of rotatable bonds is 8. The van der Waals surface area contributed by atoms with Gasteiger partial charge in [-0.3, -0.25) is 9.10 Å². The number of ether oxygens (including phenoxy) is 1. The highest BCUT2D eigenvalue weighted by Crippen LogP contribution is 2.22. The Labute approximate surface area is 131 Å². The van der Waals surface area contributed by atoms with Gasteiger partial charge in [0.25, 0.3) is 0 Å². The summed E-state index contributed by atoms with van der Waals surface area (Å²) < 4.78 is 30.3. The number of sulfonamides is 1.